The van der Waals surface area contributed by atoms with Gasteiger partial charge in [-0.25, -0.2) is 9.67 Å². The second kappa shape index (κ2) is 4.79. The highest BCUT2D eigenvalue weighted by molar-refractivity contribution is 6.30. The zero-order valence-electron chi connectivity index (χ0n) is 9.68. The van der Waals surface area contributed by atoms with Crippen molar-refractivity contribution >= 4 is 11.6 Å². The van der Waals surface area contributed by atoms with Gasteiger partial charge in [0.1, 0.15) is 11.3 Å². The van der Waals surface area contributed by atoms with Crippen LogP contribution in [0.2, 0.25) is 5.02 Å². The lowest BCUT2D eigenvalue weighted by molar-refractivity contribution is -0.141. The van der Waals surface area contributed by atoms with Gasteiger partial charge in [0, 0.05) is 12.3 Å². The molecule has 11 heteroatoms. The van der Waals surface area contributed by atoms with E-state index < -0.39 is 35.0 Å². The maximum absolute atomic E-state index is 12.8. The van der Waals surface area contributed by atoms with Gasteiger partial charge in [-0.15, -0.1) is 0 Å². The molecular formula is C10H4ClF6N3O. The zero-order valence-corrected chi connectivity index (χ0v) is 10.4. The van der Waals surface area contributed by atoms with E-state index in [1.165, 1.54) is 0 Å². The molecule has 2 heterocycles. The molecule has 0 aliphatic heterocycles. The van der Waals surface area contributed by atoms with Crippen molar-refractivity contribution in [1.82, 2.24) is 14.8 Å². The maximum atomic E-state index is 12.8. The number of nitrogens with one attached hydrogen (secondary N) is 1. The monoisotopic (exact) mass is 331 g/mol. The molecule has 0 amide bonds. The van der Waals surface area contributed by atoms with Crippen LogP contribution < -0.4 is 5.56 Å². The molecule has 0 fully saturated rings. The van der Waals surface area contributed by atoms with Crippen molar-refractivity contribution in [2.24, 2.45) is 0 Å². The van der Waals surface area contributed by atoms with E-state index in [2.05, 4.69) is 4.98 Å². The smallest absolute Gasteiger partial charge is 0.285 e. The molecule has 0 saturated heterocycles. The first-order valence-electron chi connectivity index (χ1n) is 5.12. The number of H-pyrrole nitrogens is 1. The first kappa shape index (κ1) is 15.4. The summed E-state index contributed by atoms with van der Waals surface area (Å²) in [5, 5.41) is 1.17. The number of nitrogens with zero attached hydrogens (tertiary/aromatic N) is 2. The average molecular weight is 332 g/mol. The lowest BCUT2D eigenvalue weighted by atomic mass is 10.2. The summed E-state index contributed by atoms with van der Waals surface area (Å²) in [6.07, 6.45) is -9.07. The number of alkyl halides is 6. The van der Waals surface area contributed by atoms with Crippen LogP contribution in [-0.4, -0.2) is 14.8 Å². The van der Waals surface area contributed by atoms with E-state index in [1.54, 1.807) is 5.10 Å². The molecular weight excluding hydrogens is 328 g/mol. The van der Waals surface area contributed by atoms with Crippen molar-refractivity contribution in [1.29, 1.82) is 0 Å². The van der Waals surface area contributed by atoms with Crippen molar-refractivity contribution in [3.05, 3.63) is 45.0 Å². The zero-order chi connectivity index (χ0) is 16.0. The summed E-state index contributed by atoms with van der Waals surface area (Å²) in [6, 6.07) is 0.598. The van der Waals surface area contributed by atoms with Crippen molar-refractivity contribution in [2.75, 3.05) is 0 Å². The van der Waals surface area contributed by atoms with Crippen LogP contribution >= 0.6 is 11.6 Å². The van der Waals surface area contributed by atoms with Gasteiger partial charge in [0.25, 0.3) is 5.56 Å². The SMILES string of the molecule is O=c1cc(C(F)(F)F)[nH]n1-c1ncc(Cl)cc1C(F)(F)F. The molecule has 21 heavy (non-hydrogen) atoms. The number of rotatable bonds is 1. The molecule has 0 atom stereocenters. The van der Waals surface area contributed by atoms with E-state index in [0.717, 1.165) is 6.20 Å². The van der Waals surface area contributed by atoms with Gasteiger partial charge in [0.05, 0.1) is 5.02 Å². The number of hydrogen-bond acceptors (Lipinski definition) is 2. The van der Waals surface area contributed by atoms with Gasteiger partial charge in [-0.1, -0.05) is 11.6 Å². The third-order valence-corrected chi connectivity index (χ3v) is 2.58. The Bertz CT molecular complexity index is 730. The first-order valence-corrected chi connectivity index (χ1v) is 5.50. The number of hydrogen-bond donors (Lipinski definition) is 1. The molecule has 0 bridgehead atoms. The largest absolute Gasteiger partial charge is 0.432 e. The molecule has 0 spiro atoms. The fourth-order valence-electron chi connectivity index (χ4n) is 1.52. The minimum absolute atomic E-state index is 0.0575. The van der Waals surface area contributed by atoms with Crippen molar-refractivity contribution in [3.8, 4) is 5.82 Å². The third kappa shape index (κ3) is 3.04. The molecule has 2 rings (SSSR count). The standard InChI is InChI=1S/C10H4ClF6N3O/c11-4-1-5(9(12,13)14)8(18-3-4)20-7(21)2-6(19-20)10(15,16)17/h1-3,19H. The number of aromatic nitrogens is 3. The highest BCUT2D eigenvalue weighted by Crippen LogP contribution is 2.34. The summed E-state index contributed by atoms with van der Waals surface area (Å²) >= 11 is 5.39. The highest BCUT2D eigenvalue weighted by atomic mass is 35.5. The van der Waals surface area contributed by atoms with E-state index in [9.17, 15) is 31.1 Å². The second-order valence-corrected chi connectivity index (χ2v) is 4.30. The Labute approximate surface area is 117 Å². The Morgan fingerprint density at radius 1 is 1.10 bits per heavy atom. The van der Waals surface area contributed by atoms with Gasteiger partial charge in [-0.05, 0) is 6.07 Å². The van der Waals surface area contributed by atoms with E-state index in [-0.39, 0.29) is 15.8 Å². The molecule has 114 valence electrons. The molecule has 0 aliphatic carbocycles. The Hall–Kier alpha value is -1.97. The van der Waals surface area contributed by atoms with E-state index >= 15 is 0 Å². The summed E-state index contributed by atoms with van der Waals surface area (Å²) in [5.41, 5.74) is -4.26. The molecule has 0 saturated carbocycles. The quantitative estimate of drug-likeness (QED) is 0.816. The summed E-state index contributed by atoms with van der Waals surface area (Å²) in [6.45, 7) is 0. The van der Waals surface area contributed by atoms with Crippen LogP contribution in [0.4, 0.5) is 26.3 Å². The van der Waals surface area contributed by atoms with Crippen molar-refractivity contribution in [3.63, 3.8) is 0 Å². The van der Waals surface area contributed by atoms with Gasteiger partial charge in [0.2, 0.25) is 0 Å². The molecule has 2 aromatic heterocycles. The van der Waals surface area contributed by atoms with Crippen molar-refractivity contribution in [2.45, 2.75) is 12.4 Å². The summed E-state index contributed by atoms with van der Waals surface area (Å²) < 4.78 is 75.9. The third-order valence-electron chi connectivity index (χ3n) is 2.38. The van der Waals surface area contributed by atoms with Crippen LogP contribution in [-0.2, 0) is 12.4 Å². The lowest BCUT2D eigenvalue weighted by Crippen LogP contribution is -2.20. The van der Waals surface area contributed by atoms with Gasteiger partial charge >= 0.3 is 12.4 Å². The average Bonchev–Trinajstić information content (AvgIpc) is 2.70. The Morgan fingerprint density at radius 2 is 1.71 bits per heavy atom. The van der Waals surface area contributed by atoms with Gasteiger partial charge in [-0.2, -0.15) is 26.3 Å². The molecule has 0 aliphatic rings. The molecule has 0 unspecified atom stereocenters. The minimum atomic E-state index is -4.95. The van der Waals surface area contributed by atoms with Crippen LogP contribution in [0, 0.1) is 0 Å². The molecule has 2 aromatic rings. The summed E-state index contributed by atoms with van der Waals surface area (Å²) in [4.78, 5) is 14.7. The van der Waals surface area contributed by atoms with E-state index in [4.69, 9.17) is 11.6 Å². The van der Waals surface area contributed by atoms with Gasteiger partial charge in [-0.3, -0.25) is 9.89 Å². The Kier molecular flexibility index (Phi) is 3.52. The van der Waals surface area contributed by atoms with Gasteiger partial charge in [0.15, 0.2) is 5.82 Å². The fraction of sp³-hybridized carbons (Fsp3) is 0.200. The lowest BCUT2D eigenvalue weighted by Gasteiger charge is -2.12. The van der Waals surface area contributed by atoms with Crippen LogP contribution in [0.15, 0.2) is 23.1 Å². The van der Waals surface area contributed by atoms with Crippen LogP contribution in [0.3, 0.4) is 0 Å². The molecule has 0 radical (unpaired) electrons. The Balaban J connectivity index is 2.69. The predicted molar refractivity (Wildman–Crippen MR) is 59.2 cm³/mol. The fourth-order valence-corrected chi connectivity index (χ4v) is 1.68. The van der Waals surface area contributed by atoms with Gasteiger partial charge < -0.3 is 0 Å². The highest BCUT2D eigenvalue weighted by Gasteiger charge is 2.38. The number of pyridine rings is 1. The molecule has 4 nitrogen and oxygen atoms in total. The van der Waals surface area contributed by atoms with Crippen molar-refractivity contribution < 1.29 is 26.3 Å². The summed E-state index contributed by atoms with van der Waals surface area (Å²) in [5.74, 6) is -1.02. The minimum Gasteiger partial charge on any atom is -0.285 e. The number of halogens is 7. The second-order valence-electron chi connectivity index (χ2n) is 3.86. The van der Waals surface area contributed by atoms with Crippen LogP contribution in [0.25, 0.3) is 5.82 Å². The maximum Gasteiger partial charge on any atom is 0.432 e. The first-order chi connectivity index (χ1) is 9.50. The van der Waals surface area contributed by atoms with E-state index in [0.29, 0.717) is 6.07 Å². The summed E-state index contributed by atoms with van der Waals surface area (Å²) in [7, 11) is 0. The topological polar surface area (TPSA) is 50.7 Å². The van der Waals surface area contributed by atoms with E-state index in [1.807, 2.05) is 0 Å². The number of aromatic amines is 1. The van der Waals surface area contributed by atoms with Crippen LogP contribution in [0.5, 0.6) is 0 Å². The predicted octanol–water partition coefficient (Wildman–Crippen LogP) is 3.25. The normalized spacial score (nSPS) is 12.7. The van der Waals surface area contributed by atoms with Crippen LogP contribution in [0.1, 0.15) is 11.3 Å². The Morgan fingerprint density at radius 3 is 2.19 bits per heavy atom. The molecule has 0 aromatic carbocycles. The molecule has 1 N–H and O–H groups in total.